The Morgan fingerprint density at radius 2 is 1.86 bits per heavy atom. The number of carbonyl (C=O) groups is 2. The van der Waals surface area contributed by atoms with Crippen LogP contribution in [-0.4, -0.2) is 63.3 Å². The molecule has 2 aromatic heterocycles. The molecule has 0 bridgehead atoms. The van der Waals surface area contributed by atoms with E-state index in [1.54, 1.807) is 17.0 Å². The molecule has 0 atom stereocenters. The normalized spacial score (nSPS) is 14.9. The molecule has 10 nitrogen and oxygen atoms in total. The molecule has 1 amide bonds. The zero-order valence-electron chi connectivity index (χ0n) is 16.6. The van der Waals surface area contributed by atoms with E-state index in [1.165, 1.54) is 17.9 Å². The number of hydrogen-bond donors (Lipinski definition) is 1. The Labute approximate surface area is 167 Å². The molecule has 0 radical (unpaired) electrons. The molecule has 1 aliphatic heterocycles. The van der Waals surface area contributed by atoms with E-state index < -0.39 is 17.0 Å². The standard InChI is InChI=1S/C19H25N5O5/c1-3-6-24-16(20)15(18(27)21(2)19(24)28)13(25)12-22-7-9-23(10-8-22)17(26)14-5-4-11-29-14/h4-5,11H,3,6-10,12,20H2,1-2H3. The molecule has 0 saturated carbocycles. The summed E-state index contributed by atoms with van der Waals surface area (Å²) in [5.41, 5.74) is 4.64. The van der Waals surface area contributed by atoms with Crippen LogP contribution in [0.1, 0.15) is 34.3 Å². The number of anilines is 1. The molecule has 0 unspecified atom stereocenters. The number of nitrogens with zero attached hydrogens (tertiary/aromatic N) is 4. The van der Waals surface area contributed by atoms with E-state index in [4.69, 9.17) is 10.2 Å². The quantitative estimate of drug-likeness (QED) is 0.661. The first-order valence-electron chi connectivity index (χ1n) is 9.52. The van der Waals surface area contributed by atoms with Crippen molar-refractivity contribution in [2.75, 3.05) is 38.5 Å². The highest BCUT2D eigenvalue weighted by Gasteiger charge is 2.27. The van der Waals surface area contributed by atoms with Gasteiger partial charge in [-0.3, -0.25) is 28.4 Å². The molecule has 0 aliphatic carbocycles. The molecule has 2 N–H and O–H groups in total. The van der Waals surface area contributed by atoms with E-state index >= 15 is 0 Å². The van der Waals surface area contributed by atoms with E-state index in [1.807, 2.05) is 11.8 Å². The van der Waals surface area contributed by atoms with Crippen molar-refractivity contribution in [3.05, 3.63) is 50.6 Å². The highest BCUT2D eigenvalue weighted by atomic mass is 16.3. The number of furan rings is 1. The third kappa shape index (κ3) is 4.02. The molecule has 2 aromatic rings. The van der Waals surface area contributed by atoms with E-state index in [2.05, 4.69) is 0 Å². The molecule has 0 aromatic carbocycles. The fourth-order valence-corrected chi connectivity index (χ4v) is 3.43. The fraction of sp³-hybridized carbons (Fsp3) is 0.474. The van der Waals surface area contributed by atoms with Gasteiger partial charge in [0.2, 0.25) is 0 Å². The third-order valence-electron chi connectivity index (χ3n) is 5.07. The van der Waals surface area contributed by atoms with E-state index in [9.17, 15) is 19.2 Å². The van der Waals surface area contributed by atoms with Gasteiger partial charge < -0.3 is 15.1 Å². The second-order valence-electron chi connectivity index (χ2n) is 7.03. The number of nitrogens with two attached hydrogens (primary N) is 1. The van der Waals surface area contributed by atoms with Gasteiger partial charge in [-0.15, -0.1) is 0 Å². The maximum absolute atomic E-state index is 12.8. The van der Waals surface area contributed by atoms with Crippen LogP contribution < -0.4 is 17.0 Å². The third-order valence-corrected chi connectivity index (χ3v) is 5.07. The Bertz CT molecular complexity index is 1010. The summed E-state index contributed by atoms with van der Waals surface area (Å²) in [7, 11) is 1.34. The largest absolute Gasteiger partial charge is 0.459 e. The predicted octanol–water partition coefficient (Wildman–Crippen LogP) is -0.227. The SMILES string of the molecule is CCCn1c(N)c(C(=O)CN2CCN(C(=O)c3ccco3)CC2)c(=O)n(C)c1=O. The number of piperazine rings is 1. The zero-order chi connectivity index (χ0) is 21.1. The van der Waals surface area contributed by atoms with Crippen molar-refractivity contribution in [2.24, 2.45) is 7.05 Å². The lowest BCUT2D eigenvalue weighted by atomic mass is 10.1. The van der Waals surface area contributed by atoms with Crippen LogP contribution in [0.5, 0.6) is 0 Å². The van der Waals surface area contributed by atoms with Crippen molar-refractivity contribution in [2.45, 2.75) is 19.9 Å². The Hall–Kier alpha value is -3.14. The Kier molecular flexibility index (Phi) is 6.02. The molecule has 0 spiro atoms. The first kappa shape index (κ1) is 20.6. The summed E-state index contributed by atoms with van der Waals surface area (Å²) in [6.07, 6.45) is 2.09. The number of hydrogen-bond acceptors (Lipinski definition) is 7. The zero-order valence-corrected chi connectivity index (χ0v) is 16.6. The summed E-state index contributed by atoms with van der Waals surface area (Å²) in [6, 6.07) is 3.27. The highest BCUT2D eigenvalue weighted by Crippen LogP contribution is 2.11. The monoisotopic (exact) mass is 403 g/mol. The average Bonchev–Trinajstić information content (AvgIpc) is 3.24. The van der Waals surface area contributed by atoms with E-state index in [0.29, 0.717) is 39.1 Å². The van der Waals surface area contributed by atoms with E-state index in [0.717, 1.165) is 4.57 Å². The van der Waals surface area contributed by atoms with Gasteiger partial charge in [-0.2, -0.15) is 0 Å². The van der Waals surface area contributed by atoms with Gasteiger partial charge in [0.25, 0.3) is 11.5 Å². The summed E-state index contributed by atoms with van der Waals surface area (Å²) in [5.74, 6) is -0.426. The van der Waals surface area contributed by atoms with Crippen molar-refractivity contribution in [1.82, 2.24) is 18.9 Å². The molecule has 156 valence electrons. The van der Waals surface area contributed by atoms with Gasteiger partial charge >= 0.3 is 5.69 Å². The molecular weight excluding hydrogens is 378 g/mol. The van der Waals surface area contributed by atoms with Gasteiger partial charge in [0.15, 0.2) is 11.5 Å². The number of carbonyl (C=O) groups excluding carboxylic acids is 2. The first-order chi connectivity index (χ1) is 13.8. The Morgan fingerprint density at radius 1 is 1.17 bits per heavy atom. The Balaban J connectivity index is 1.71. The van der Waals surface area contributed by atoms with Crippen LogP contribution in [0.25, 0.3) is 0 Å². The van der Waals surface area contributed by atoms with E-state index in [-0.39, 0.29) is 29.6 Å². The van der Waals surface area contributed by atoms with Crippen LogP contribution in [0, 0.1) is 0 Å². The number of ketones is 1. The molecule has 3 heterocycles. The molecule has 1 fully saturated rings. The summed E-state index contributed by atoms with van der Waals surface area (Å²) in [4.78, 5) is 53.4. The topological polar surface area (TPSA) is 124 Å². The smallest absolute Gasteiger partial charge is 0.332 e. The molecule has 10 heteroatoms. The van der Waals surface area contributed by atoms with Gasteiger partial charge in [0.05, 0.1) is 12.8 Å². The first-order valence-corrected chi connectivity index (χ1v) is 9.52. The molecule has 29 heavy (non-hydrogen) atoms. The fourth-order valence-electron chi connectivity index (χ4n) is 3.43. The Morgan fingerprint density at radius 3 is 2.45 bits per heavy atom. The number of amides is 1. The molecule has 3 rings (SSSR count). The molecule has 1 saturated heterocycles. The maximum atomic E-state index is 12.8. The van der Waals surface area contributed by atoms with Crippen molar-refractivity contribution in [3.8, 4) is 0 Å². The second-order valence-corrected chi connectivity index (χ2v) is 7.03. The minimum atomic E-state index is -0.684. The van der Waals surface area contributed by atoms with Crippen LogP contribution in [-0.2, 0) is 13.6 Å². The summed E-state index contributed by atoms with van der Waals surface area (Å²) in [5, 5.41) is 0. The summed E-state index contributed by atoms with van der Waals surface area (Å²) in [6.45, 7) is 4.03. The van der Waals surface area contributed by atoms with Gasteiger partial charge in [0.1, 0.15) is 11.4 Å². The van der Waals surface area contributed by atoms with Crippen LogP contribution >= 0.6 is 0 Å². The average molecular weight is 403 g/mol. The second kappa shape index (κ2) is 8.48. The predicted molar refractivity (Wildman–Crippen MR) is 106 cm³/mol. The number of aromatic nitrogens is 2. The van der Waals surface area contributed by atoms with Gasteiger partial charge in [0, 0.05) is 39.8 Å². The maximum Gasteiger partial charge on any atom is 0.332 e. The van der Waals surface area contributed by atoms with Crippen LogP contribution in [0.4, 0.5) is 5.82 Å². The van der Waals surface area contributed by atoms with Crippen molar-refractivity contribution >= 4 is 17.5 Å². The number of nitrogen functional groups attached to an aromatic ring is 1. The lowest BCUT2D eigenvalue weighted by molar-refractivity contribution is 0.0596. The number of rotatable bonds is 6. The molecular formula is C19H25N5O5. The van der Waals surface area contributed by atoms with Crippen molar-refractivity contribution < 1.29 is 14.0 Å². The highest BCUT2D eigenvalue weighted by molar-refractivity contribution is 6.01. The lowest BCUT2D eigenvalue weighted by Gasteiger charge is -2.33. The number of Topliss-reactive ketones (excluding diaryl/α,β-unsaturated/α-hetero) is 1. The van der Waals surface area contributed by atoms with Crippen LogP contribution in [0.2, 0.25) is 0 Å². The lowest BCUT2D eigenvalue weighted by Crippen LogP contribution is -2.50. The van der Waals surface area contributed by atoms with Crippen molar-refractivity contribution in [3.63, 3.8) is 0 Å². The minimum absolute atomic E-state index is 0.00739. The van der Waals surface area contributed by atoms with Crippen LogP contribution in [0.15, 0.2) is 32.4 Å². The molecule has 1 aliphatic rings. The van der Waals surface area contributed by atoms with Gasteiger partial charge in [-0.05, 0) is 18.6 Å². The van der Waals surface area contributed by atoms with Gasteiger partial charge in [-0.25, -0.2) is 4.79 Å². The van der Waals surface area contributed by atoms with Crippen LogP contribution in [0.3, 0.4) is 0 Å². The van der Waals surface area contributed by atoms with Crippen molar-refractivity contribution in [1.29, 1.82) is 0 Å². The van der Waals surface area contributed by atoms with Gasteiger partial charge in [-0.1, -0.05) is 6.92 Å². The summed E-state index contributed by atoms with van der Waals surface area (Å²) < 4.78 is 7.31. The minimum Gasteiger partial charge on any atom is -0.459 e. The summed E-state index contributed by atoms with van der Waals surface area (Å²) >= 11 is 0.